The molecular formula is C23H34N6O3S. The number of carbonyl (C=O) groups excluding carboxylic acids is 2. The van der Waals surface area contributed by atoms with Crippen LogP contribution < -0.4 is 10.1 Å². The number of aryl methyl sites for hydroxylation is 1. The van der Waals surface area contributed by atoms with Crippen LogP contribution in [0.25, 0.3) is 0 Å². The fourth-order valence-electron chi connectivity index (χ4n) is 4.22. The maximum Gasteiger partial charge on any atom is 0.415 e. The van der Waals surface area contributed by atoms with Gasteiger partial charge in [-0.1, -0.05) is 32.5 Å². The van der Waals surface area contributed by atoms with Gasteiger partial charge in [0.05, 0.1) is 0 Å². The van der Waals surface area contributed by atoms with Crippen LogP contribution in [0.3, 0.4) is 0 Å². The van der Waals surface area contributed by atoms with Crippen molar-refractivity contribution >= 4 is 23.8 Å². The van der Waals surface area contributed by atoms with Crippen molar-refractivity contribution in [3.05, 3.63) is 29.8 Å². The zero-order valence-electron chi connectivity index (χ0n) is 20.3. The molecule has 0 bridgehead atoms. The van der Waals surface area contributed by atoms with Crippen LogP contribution in [0.4, 0.5) is 4.79 Å². The van der Waals surface area contributed by atoms with Crippen molar-refractivity contribution in [2.24, 2.45) is 12.5 Å². The Labute approximate surface area is 199 Å². The Bertz CT molecular complexity index is 959. The van der Waals surface area contributed by atoms with E-state index in [0.29, 0.717) is 29.7 Å². The summed E-state index contributed by atoms with van der Waals surface area (Å²) in [5, 5.41) is 15.7. The normalized spacial score (nSPS) is 15.4. The van der Waals surface area contributed by atoms with E-state index in [0.717, 1.165) is 24.4 Å². The maximum atomic E-state index is 12.6. The zero-order valence-corrected chi connectivity index (χ0v) is 21.1. The largest absolute Gasteiger partial charge is 0.415 e. The number of tetrazole rings is 1. The van der Waals surface area contributed by atoms with Crippen molar-refractivity contribution < 1.29 is 14.3 Å². The Kier molecular flexibility index (Phi) is 7.66. The molecule has 1 aliphatic heterocycles. The quantitative estimate of drug-likeness (QED) is 0.677. The van der Waals surface area contributed by atoms with E-state index in [2.05, 4.69) is 41.6 Å². The standard InChI is InChI=1S/C23H34N6O3S/c1-22(2,3)15-23(4,5)24-19(30)16-7-9-17(10-8-16)32-21(31)29-13-11-18(12-14-29)33-20-25-26-27-28(20)6/h7-10,18H,11-15H2,1-6H3,(H,24,30). The molecule has 33 heavy (non-hydrogen) atoms. The molecule has 2 aromatic rings. The van der Waals surface area contributed by atoms with Crippen molar-refractivity contribution in [2.45, 2.75) is 69.8 Å². The van der Waals surface area contributed by atoms with Crippen LogP contribution in [0.1, 0.15) is 64.2 Å². The third-order valence-corrected chi connectivity index (χ3v) is 6.66. The van der Waals surface area contributed by atoms with Gasteiger partial charge in [-0.2, -0.15) is 0 Å². The highest BCUT2D eigenvalue weighted by molar-refractivity contribution is 7.99. The predicted octanol–water partition coefficient (Wildman–Crippen LogP) is 3.91. The lowest BCUT2D eigenvalue weighted by molar-refractivity contribution is 0.0891. The fourth-order valence-corrected chi connectivity index (χ4v) is 5.23. The smallest absolute Gasteiger partial charge is 0.410 e. The minimum absolute atomic E-state index is 0.106. The highest BCUT2D eigenvalue weighted by atomic mass is 32.2. The van der Waals surface area contributed by atoms with Gasteiger partial charge in [-0.05, 0) is 73.2 Å². The first-order chi connectivity index (χ1) is 15.4. The second-order valence-electron chi connectivity index (χ2n) is 10.4. The molecular weight excluding hydrogens is 440 g/mol. The molecule has 1 saturated heterocycles. The molecule has 3 rings (SSSR count). The summed E-state index contributed by atoms with van der Waals surface area (Å²) in [7, 11) is 1.82. The van der Waals surface area contributed by atoms with Crippen molar-refractivity contribution in [1.29, 1.82) is 0 Å². The first kappa shape index (κ1) is 25.0. The van der Waals surface area contributed by atoms with E-state index in [1.807, 2.05) is 20.9 Å². The van der Waals surface area contributed by atoms with E-state index < -0.39 is 0 Å². The summed E-state index contributed by atoms with van der Waals surface area (Å²) in [6, 6.07) is 6.69. The monoisotopic (exact) mass is 474 g/mol. The van der Waals surface area contributed by atoms with E-state index in [-0.39, 0.29) is 23.0 Å². The van der Waals surface area contributed by atoms with Gasteiger partial charge >= 0.3 is 6.09 Å². The van der Waals surface area contributed by atoms with Crippen LogP contribution in [-0.4, -0.2) is 61.0 Å². The van der Waals surface area contributed by atoms with E-state index in [9.17, 15) is 9.59 Å². The molecule has 10 heteroatoms. The van der Waals surface area contributed by atoms with Crippen molar-refractivity contribution in [3.63, 3.8) is 0 Å². The van der Waals surface area contributed by atoms with Gasteiger partial charge in [-0.3, -0.25) is 4.79 Å². The first-order valence-electron chi connectivity index (χ1n) is 11.2. The fraction of sp³-hybridized carbons (Fsp3) is 0.609. The molecule has 0 spiro atoms. The van der Waals surface area contributed by atoms with Crippen LogP contribution in [0, 0.1) is 5.41 Å². The minimum Gasteiger partial charge on any atom is -0.410 e. The molecule has 1 aromatic carbocycles. The van der Waals surface area contributed by atoms with Crippen LogP contribution in [0.5, 0.6) is 5.75 Å². The number of rotatable bonds is 6. The predicted molar refractivity (Wildman–Crippen MR) is 127 cm³/mol. The Morgan fingerprint density at radius 1 is 1.12 bits per heavy atom. The van der Waals surface area contributed by atoms with Gasteiger partial charge in [0, 0.05) is 36.5 Å². The molecule has 0 saturated carbocycles. The van der Waals surface area contributed by atoms with Gasteiger partial charge in [-0.15, -0.1) is 5.10 Å². The number of amides is 2. The summed E-state index contributed by atoms with van der Waals surface area (Å²) in [6.45, 7) is 11.7. The lowest BCUT2D eigenvalue weighted by atomic mass is 9.81. The van der Waals surface area contributed by atoms with E-state index in [4.69, 9.17) is 4.74 Å². The number of nitrogens with zero attached hydrogens (tertiary/aromatic N) is 5. The molecule has 2 amide bonds. The van der Waals surface area contributed by atoms with E-state index in [1.165, 1.54) is 0 Å². The molecule has 0 unspecified atom stereocenters. The summed E-state index contributed by atoms with van der Waals surface area (Å²) in [6.07, 6.45) is 2.17. The Morgan fingerprint density at radius 2 is 1.76 bits per heavy atom. The number of piperidine rings is 1. The van der Waals surface area contributed by atoms with Gasteiger partial charge in [0.2, 0.25) is 5.16 Å². The Balaban J connectivity index is 1.48. The van der Waals surface area contributed by atoms with Crippen molar-refractivity contribution in [2.75, 3.05) is 13.1 Å². The van der Waals surface area contributed by atoms with Crippen LogP contribution in [-0.2, 0) is 7.05 Å². The van der Waals surface area contributed by atoms with Crippen molar-refractivity contribution in [1.82, 2.24) is 30.4 Å². The number of ether oxygens (including phenoxy) is 1. The molecule has 1 N–H and O–H groups in total. The molecule has 0 aliphatic carbocycles. The third-order valence-electron chi connectivity index (χ3n) is 5.30. The summed E-state index contributed by atoms with van der Waals surface area (Å²) in [5.41, 5.74) is 0.316. The lowest BCUT2D eigenvalue weighted by Gasteiger charge is -2.33. The Hall–Kier alpha value is -2.62. The number of thioether (sulfide) groups is 1. The molecule has 1 aromatic heterocycles. The second-order valence-corrected chi connectivity index (χ2v) is 11.6. The number of likely N-dealkylation sites (tertiary alicyclic amines) is 1. The molecule has 9 nitrogen and oxygen atoms in total. The SMILES string of the molecule is Cn1nnnc1SC1CCN(C(=O)Oc2ccc(C(=O)NC(C)(C)CC(C)(C)C)cc2)CC1. The topological polar surface area (TPSA) is 102 Å². The minimum atomic E-state index is -0.373. The molecule has 2 heterocycles. The number of aromatic nitrogens is 4. The van der Waals surface area contributed by atoms with E-state index in [1.54, 1.807) is 45.6 Å². The van der Waals surface area contributed by atoms with Gasteiger partial charge in [0.25, 0.3) is 5.91 Å². The highest BCUT2D eigenvalue weighted by Gasteiger charge is 2.28. The first-order valence-corrected chi connectivity index (χ1v) is 12.1. The number of carbonyl (C=O) groups is 2. The molecule has 1 aliphatic rings. The average molecular weight is 475 g/mol. The van der Waals surface area contributed by atoms with Crippen LogP contribution >= 0.6 is 11.8 Å². The third kappa shape index (κ3) is 7.45. The number of hydrogen-bond donors (Lipinski definition) is 1. The Morgan fingerprint density at radius 3 is 2.30 bits per heavy atom. The summed E-state index contributed by atoms with van der Waals surface area (Å²) >= 11 is 1.64. The van der Waals surface area contributed by atoms with Crippen LogP contribution in [0.2, 0.25) is 0 Å². The molecule has 180 valence electrons. The highest BCUT2D eigenvalue weighted by Crippen LogP contribution is 2.29. The summed E-state index contributed by atoms with van der Waals surface area (Å²) in [4.78, 5) is 26.9. The van der Waals surface area contributed by atoms with E-state index >= 15 is 0 Å². The maximum absolute atomic E-state index is 12.6. The second kappa shape index (κ2) is 10.1. The van der Waals surface area contributed by atoms with Gasteiger partial charge in [0.15, 0.2) is 0 Å². The zero-order chi connectivity index (χ0) is 24.2. The molecule has 0 atom stereocenters. The molecule has 1 fully saturated rings. The number of nitrogens with one attached hydrogen (secondary N) is 1. The van der Waals surface area contributed by atoms with Gasteiger partial charge in [-0.25, -0.2) is 9.48 Å². The number of benzene rings is 1. The summed E-state index contributed by atoms with van der Waals surface area (Å²) < 4.78 is 7.18. The van der Waals surface area contributed by atoms with Crippen molar-refractivity contribution in [3.8, 4) is 5.75 Å². The van der Waals surface area contributed by atoms with Gasteiger partial charge < -0.3 is 15.0 Å². The average Bonchev–Trinajstić information content (AvgIpc) is 3.11. The lowest BCUT2D eigenvalue weighted by Crippen LogP contribution is -2.45. The van der Waals surface area contributed by atoms with Gasteiger partial charge in [0.1, 0.15) is 5.75 Å². The number of hydrogen-bond acceptors (Lipinski definition) is 7. The molecule has 0 radical (unpaired) electrons. The summed E-state index contributed by atoms with van der Waals surface area (Å²) in [5.74, 6) is 0.284. The van der Waals surface area contributed by atoms with Crippen LogP contribution in [0.15, 0.2) is 29.4 Å².